The summed E-state index contributed by atoms with van der Waals surface area (Å²) in [4.78, 5) is 14.2. The second kappa shape index (κ2) is 5.17. The average Bonchev–Trinajstić information content (AvgIpc) is 2.70. The molecular formula is C9H8F6N2O2. The van der Waals surface area contributed by atoms with E-state index in [2.05, 4.69) is 14.7 Å². The zero-order chi connectivity index (χ0) is 14.8. The first-order chi connectivity index (χ1) is 8.50. The molecule has 1 aromatic rings. The minimum atomic E-state index is -5.07. The summed E-state index contributed by atoms with van der Waals surface area (Å²) < 4.78 is 76.4. The Morgan fingerprint density at radius 2 is 1.84 bits per heavy atom. The van der Waals surface area contributed by atoms with Crippen LogP contribution in [-0.2, 0) is 11.2 Å². The van der Waals surface area contributed by atoms with Crippen LogP contribution >= 0.6 is 0 Å². The minimum Gasteiger partial charge on any atom is -0.339 e. The zero-order valence-corrected chi connectivity index (χ0v) is 9.47. The van der Waals surface area contributed by atoms with Gasteiger partial charge in [-0.2, -0.15) is 31.3 Å². The number of hydrogen-bond donors (Lipinski definition) is 0. The Hall–Kier alpha value is -1.61. The van der Waals surface area contributed by atoms with Gasteiger partial charge in [0, 0.05) is 6.42 Å². The molecule has 1 aromatic heterocycles. The molecule has 1 unspecified atom stereocenters. The topological polar surface area (TPSA) is 56.0 Å². The first-order valence-electron chi connectivity index (χ1n) is 5.01. The number of carbonyl (C=O) groups excluding carboxylic acids is 1. The van der Waals surface area contributed by atoms with Crippen LogP contribution in [0.2, 0.25) is 0 Å². The lowest BCUT2D eigenvalue weighted by Gasteiger charge is -2.08. The molecule has 4 nitrogen and oxygen atoms in total. The first kappa shape index (κ1) is 15.4. The van der Waals surface area contributed by atoms with E-state index in [-0.39, 0.29) is 0 Å². The van der Waals surface area contributed by atoms with Gasteiger partial charge in [-0.25, -0.2) is 0 Å². The summed E-state index contributed by atoms with van der Waals surface area (Å²) in [6.45, 7) is 0.886. The maximum atomic E-state index is 12.1. The number of aryl methyl sites for hydroxylation is 1. The molecule has 1 rings (SSSR count). The first-order valence-corrected chi connectivity index (χ1v) is 5.01. The molecule has 0 aliphatic heterocycles. The van der Waals surface area contributed by atoms with E-state index in [9.17, 15) is 31.1 Å². The highest BCUT2D eigenvalue weighted by Gasteiger charge is 2.44. The lowest BCUT2D eigenvalue weighted by Crippen LogP contribution is -2.27. The van der Waals surface area contributed by atoms with Crippen LogP contribution in [0.5, 0.6) is 0 Å². The number of Topliss-reactive ketones (excluding diaryl/α,β-unsaturated/α-hetero) is 1. The molecule has 10 heteroatoms. The summed E-state index contributed by atoms with van der Waals surface area (Å²) in [5.41, 5.74) is 0. The minimum absolute atomic E-state index is 0.394. The summed E-state index contributed by atoms with van der Waals surface area (Å²) in [5.74, 6) is -4.89. The van der Waals surface area contributed by atoms with Crippen molar-refractivity contribution in [2.45, 2.75) is 38.0 Å². The lowest BCUT2D eigenvalue weighted by molar-refractivity contribution is -0.172. The number of nitrogens with zero attached hydrogens (tertiary/aromatic N) is 2. The zero-order valence-electron chi connectivity index (χ0n) is 9.47. The second-order valence-corrected chi connectivity index (χ2v) is 3.75. The van der Waals surface area contributed by atoms with Crippen molar-refractivity contribution in [2.24, 2.45) is 0 Å². The number of ketones is 1. The van der Waals surface area contributed by atoms with Crippen molar-refractivity contribution < 1.29 is 35.7 Å². The molecule has 0 amide bonds. The normalized spacial score (nSPS) is 14.5. The fourth-order valence-corrected chi connectivity index (χ4v) is 1.16. The number of alkyl halides is 6. The maximum Gasteiger partial charge on any atom is 0.450 e. The molecule has 0 bridgehead atoms. The van der Waals surface area contributed by atoms with Gasteiger partial charge in [0.2, 0.25) is 11.7 Å². The number of hydrogen-bond acceptors (Lipinski definition) is 4. The van der Waals surface area contributed by atoms with Gasteiger partial charge < -0.3 is 4.52 Å². The van der Waals surface area contributed by atoms with Gasteiger partial charge in [-0.3, -0.25) is 4.79 Å². The molecule has 1 atom stereocenters. The number of aromatic nitrogens is 2. The number of rotatable bonds is 4. The van der Waals surface area contributed by atoms with Gasteiger partial charge in [0.25, 0.3) is 0 Å². The lowest BCUT2D eigenvalue weighted by atomic mass is 10.1. The third kappa shape index (κ3) is 4.52. The highest BCUT2D eigenvalue weighted by atomic mass is 19.4. The van der Waals surface area contributed by atoms with Gasteiger partial charge in [0.15, 0.2) is 5.82 Å². The number of carbonyl (C=O) groups is 1. The van der Waals surface area contributed by atoms with E-state index in [0.717, 1.165) is 6.92 Å². The van der Waals surface area contributed by atoms with Crippen LogP contribution < -0.4 is 0 Å². The third-order valence-electron chi connectivity index (χ3n) is 2.16. The van der Waals surface area contributed by atoms with Crippen LogP contribution in [0, 0.1) is 0 Å². The van der Waals surface area contributed by atoms with Crippen LogP contribution in [0.1, 0.15) is 31.0 Å². The molecule has 0 aliphatic rings. The molecule has 0 fully saturated rings. The fourth-order valence-electron chi connectivity index (χ4n) is 1.16. The quantitative estimate of drug-likeness (QED) is 0.800. The highest BCUT2D eigenvalue weighted by molar-refractivity contribution is 5.89. The van der Waals surface area contributed by atoms with Crippen molar-refractivity contribution in [3.63, 3.8) is 0 Å². The maximum absolute atomic E-state index is 12.1. The molecule has 0 aromatic carbocycles. The summed E-state index contributed by atoms with van der Waals surface area (Å²) in [5, 5.41) is 3.10. The molecule has 19 heavy (non-hydrogen) atoms. The molecule has 0 spiro atoms. The second-order valence-electron chi connectivity index (χ2n) is 3.75. The Morgan fingerprint density at radius 1 is 1.26 bits per heavy atom. The molecule has 0 saturated heterocycles. The Bertz CT molecular complexity index is 450. The van der Waals surface area contributed by atoms with E-state index < -0.39 is 48.6 Å². The van der Waals surface area contributed by atoms with Crippen LogP contribution in [0.15, 0.2) is 4.52 Å². The fraction of sp³-hybridized carbons (Fsp3) is 0.667. The van der Waals surface area contributed by atoms with E-state index in [4.69, 9.17) is 0 Å². The molecular weight excluding hydrogens is 282 g/mol. The van der Waals surface area contributed by atoms with Crippen LogP contribution in [-0.4, -0.2) is 28.3 Å². The van der Waals surface area contributed by atoms with E-state index in [1.54, 1.807) is 0 Å². The van der Waals surface area contributed by atoms with Crippen LogP contribution in [0.4, 0.5) is 26.3 Å². The van der Waals surface area contributed by atoms with Gasteiger partial charge in [0.05, 0.1) is 6.42 Å². The van der Waals surface area contributed by atoms with Crippen molar-refractivity contribution >= 4 is 5.78 Å². The predicted octanol–water partition coefficient (Wildman–Crippen LogP) is 2.80. The van der Waals surface area contributed by atoms with Gasteiger partial charge in [-0.05, 0) is 6.92 Å². The smallest absolute Gasteiger partial charge is 0.339 e. The van der Waals surface area contributed by atoms with Gasteiger partial charge >= 0.3 is 12.4 Å². The Balaban J connectivity index is 2.72. The third-order valence-corrected chi connectivity index (χ3v) is 2.16. The van der Waals surface area contributed by atoms with Crippen molar-refractivity contribution in [1.29, 1.82) is 0 Å². The van der Waals surface area contributed by atoms with E-state index in [1.807, 2.05) is 0 Å². The van der Waals surface area contributed by atoms with Crippen molar-refractivity contribution in [1.82, 2.24) is 10.1 Å². The standard InChI is InChI=1S/C9H8F6N2O2/c1-4(6(18)9(13,14)15)7-16-5(17-19-7)2-3-8(10,11)12/h4H,2-3H2,1H3. The summed E-state index contributed by atoms with van der Waals surface area (Å²) in [7, 11) is 0. The van der Waals surface area contributed by atoms with Crippen LogP contribution in [0.3, 0.4) is 0 Å². The molecule has 0 saturated carbocycles. The molecule has 0 radical (unpaired) electrons. The van der Waals surface area contributed by atoms with Gasteiger partial charge in [-0.15, -0.1) is 0 Å². The molecule has 0 aliphatic carbocycles. The van der Waals surface area contributed by atoms with Crippen molar-refractivity contribution in [2.75, 3.05) is 0 Å². The largest absolute Gasteiger partial charge is 0.450 e. The van der Waals surface area contributed by atoms with E-state index >= 15 is 0 Å². The van der Waals surface area contributed by atoms with E-state index in [1.165, 1.54) is 0 Å². The Labute approximate surface area is 102 Å². The Kier molecular flexibility index (Phi) is 4.21. The van der Waals surface area contributed by atoms with Crippen LogP contribution in [0.25, 0.3) is 0 Å². The van der Waals surface area contributed by atoms with Crippen molar-refractivity contribution in [3.8, 4) is 0 Å². The highest BCUT2D eigenvalue weighted by Crippen LogP contribution is 2.27. The summed E-state index contributed by atoms with van der Waals surface area (Å²) >= 11 is 0. The molecule has 108 valence electrons. The predicted molar refractivity (Wildman–Crippen MR) is 48.2 cm³/mol. The summed E-state index contributed by atoms with van der Waals surface area (Å²) in [6.07, 6.45) is -11.4. The average molecular weight is 290 g/mol. The van der Waals surface area contributed by atoms with Crippen molar-refractivity contribution in [3.05, 3.63) is 11.7 Å². The van der Waals surface area contributed by atoms with Gasteiger partial charge in [0.1, 0.15) is 5.92 Å². The SMILES string of the molecule is CC(C(=O)C(F)(F)F)c1nc(CCC(F)(F)F)no1. The molecule has 0 N–H and O–H groups in total. The van der Waals surface area contributed by atoms with E-state index in [0.29, 0.717) is 0 Å². The van der Waals surface area contributed by atoms with Gasteiger partial charge in [-0.1, -0.05) is 5.16 Å². The monoisotopic (exact) mass is 290 g/mol. The Morgan fingerprint density at radius 3 is 2.32 bits per heavy atom. The number of halogens is 6. The summed E-state index contributed by atoms with van der Waals surface area (Å²) in [6, 6.07) is 0. The molecule has 1 heterocycles.